The highest BCUT2D eigenvalue weighted by molar-refractivity contribution is 6.35. The molecule has 0 atom stereocenters. The zero-order chi connectivity index (χ0) is 34.6. The van der Waals surface area contributed by atoms with E-state index in [1.165, 1.54) is 37.7 Å². The third kappa shape index (κ3) is 3.99. The van der Waals surface area contributed by atoms with Crippen LogP contribution in [0.3, 0.4) is 0 Å². The number of benzene rings is 9. The van der Waals surface area contributed by atoms with Gasteiger partial charge in [-0.05, 0) is 67.5 Å². The van der Waals surface area contributed by atoms with Crippen molar-refractivity contribution < 1.29 is 4.42 Å². The van der Waals surface area contributed by atoms with Gasteiger partial charge in [0.05, 0.1) is 16.7 Å². The van der Waals surface area contributed by atoms with E-state index in [9.17, 15) is 0 Å². The van der Waals surface area contributed by atoms with Crippen LogP contribution in [0.4, 0.5) is 0 Å². The van der Waals surface area contributed by atoms with E-state index in [4.69, 9.17) is 14.4 Å². The fraction of sp³-hybridized carbons (Fsp3) is 0. The van der Waals surface area contributed by atoms with E-state index in [2.05, 4.69) is 158 Å². The smallest absolute Gasteiger partial charge is 0.143 e. The molecule has 0 saturated heterocycles. The molecule has 3 aromatic heterocycles. The minimum absolute atomic E-state index is 0.896. The van der Waals surface area contributed by atoms with Crippen molar-refractivity contribution in [3.8, 4) is 22.4 Å². The average molecular weight is 673 g/mol. The molecule has 244 valence electrons. The number of hydrogen-bond acceptors (Lipinski definition) is 3. The summed E-state index contributed by atoms with van der Waals surface area (Å²) in [6.45, 7) is 0. The zero-order valence-electron chi connectivity index (χ0n) is 28.5. The fourth-order valence-corrected chi connectivity index (χ4v) is 8.92. The Kier molecular flexibility index (Phi) is 5.77. The lowest BCUT2D eigenvalue weighted by molar-refractivity contribution is 0.670. The summed E-state index contributed by atoms with van der Waals surface area (Å²) in [5.41, 5.74) is 7.90. The van der Waals surface area contributed by atoms with Gasteiger partial charge in [0, 0.05) is 55.0 Å². The summed E-state index contributed by atoms with van der Waals surface area (Å²) < 4.78 is 6.84. The van der Waals surface area contributed by atoms with Gasteiger partial charge in [0.25, 0.3) is 0 Å². The van der Waals surface area contributed by atoms with Crippen LogP contribution in [0.5, 0.6) is 0 Å². The van der Waals surface area contributed by atoms with Crippen molar-refractivity contribution in [2.45, 2.75) is 0 Å². The molecule has 3 heterocycles. The first-order valence-corrected chi connectivity index (χ1v) is 18.1. The Morgan fingerprint density at radius 3 is 1.87 bits per heavy atom. The molecule has 0 fully saturated rings. The van der Waals surface area contributed by atoms with E-state index in [1.54, 1.807) is 0 Å². The predicted octanol–water partition coefficient (Wildman–Crippen LogP) is 13.8. The zero-order valence-corrected chi connectivity index (χ0v) is 28.5. The molecular formula is C50H28N2O. The molecule has 12 aromatic rings. The molecule has 0 N–H and O–H groups in total. The maximum absolute atomic E-state index is 6.84. The quantitative estimate of drug-likeness (QED) is 0.172. The highest BCUT2D eigenvalue weighted by atomic mass is 16.3. The minimum Gasteiger partial charge on any atom is -0.455 e. The summed E-state index contributed by atoms with van der Waals surface area (Å²) in [5, 5.41) is 16.3. The first-order valence-electron chi connectivity index (χ1n) is 18.1. The highest BCUT2D eigenvalue weighted by Gasteiger charge is 2.21. The van der Waals surface area contributed by atoms with Crippen LogP contribution in [-0.4, -0.2) is 9.97 Å². The maximum atomic E-state index is 6.84. The van der Waals surface area contributed by atoms with Crippen molar-refractivity contribution >= 4 is 97.6 Å². The third-order valence-electron chi connectivity index (χ3n) is 11.2. The van der Waals surface area contributed by atoms with Crippen LogP contribution in [-0.2, 0) is 0 Å². The van der Waals surface area contributed by atoms with Crippen molar-refractivity contribution in [1.29, 1.82) is 0 Å². The number of rotatable bonds is 2. The van der Waals surface area contributed by atoms with E-state index in [0.29, 0.717) is 0 Å². The Bertz CT molecular complexity index is 3520. The molecule has 0 radical (unpaired) electrons. The summed E-state index contributed by atoms with van der Waals surface area (Å²) in [7, 11) is 0. The second-order valence-electron chi connectivity index (χ2n) is 14.0. The van der Waals surface area contributed by atoms with E-state index in [-0.39, 0.29) is 0 Å². The number of fused-ring (bicyclic) bond motifs is 17. The summed E-state index contributed by atoms with van der Waals surface area (Å²) in [4.78, 5) is 10.6. The van der Waals surface area contributed by atoms with Gasteiger partial charge >= 0.3 is 0 Å². The number of furan rings is 1. The Morgan fingerprint density at radius 1 is 0.377 bits per heavy atom. The summed E-state index contributed by atoms with van der Waals surface area (Å²) in [6, 6.07) is 58.6. The number of pyridine rings is 2. The van der Waals surface area contributed by atoms with Gasteiger partial charge in [-0.3, -0.25) is 4.98 Å². The number of hydrogen-bond donors (Lipinski definition) is 0. The van der Waals surface area contributed by atoms with Gasteiger partial charge in [0.15, 0.2) is 0 Å². The largest absolute Gasteiger partial charge is 0.455 e. The third-order valence-corrected chi connectivity index (χ3v) is 11.2. The maximum Gasteiger partial charge on any atom is 0.143 e. The Balaban J connectivity index is 1.20. The van der Waals surface area contributed by atoms with Gasteiger partial charge in [0.2, 0.25) is 0 Å². The van der Waals surface area contributed by atoms with Gasteiger partial charge in [0.1, 0.15) is 11.2 Å². The molecule has 0 unspecified atom stereocenters. The topological polar surface area (TPSA) is 38.9 Å². The number of nitrogens with zero attached hydrogens (tertiary/aromatic N) is 2. The standard InChI is InChI=1S/C50H28N2O/c1-3-16-34-29(11-1)23-25-42-43(34)46-35-17-4-2-12-32(35)28-41(50(46)53-42)31-13-9-14-33(27-31)47-40-24-22-30-15-10-26-51-48(30)45(40)44-38-20-7-5-18-36(38)37-19-6-8-21-39(37)49(44)52-47/h1-28H. The van der Waals surface area contributed by atoms with E-state index in [1.807, 2.05) is 12.3 Å². The van der Waals surface area contributed by atoms with E-state index in [0.717, 1.165) is 82.3 Å². The molecule has 0 saturated carbocycles. The van der Waals surface area contributed by atoms with Crippen molar-refractivity contribution in [1.82, 2.24) is 9.97 Å². The van der Waals surface area contributed by atoms with E-state index >= 15 is 0 Å². The van der Waals surface area contributed by atoms with Crippen molar-refractivity contribution in [3.63, 3.8) is 0 Å². The Morgan fingerprint density at radius 2 is 1.02 bits per heavy atom. The van der Waals surface area contributed by atoms with Gasteiger partial charge in [-0.2, -0.15) is 0 Å². The molecule has 0 spiro atoms. The van der Waals surface area contributed by atoms with Gasteiger partial charge in [-0.1, -0.05) is 140 Å². The molecule has 0 bridgehead atoms. The molecular weight excluding hydrogens is 645 g/mol. The second kappa shape index (κ2) is 10.7. The molecule has 9 aromatic carbocycles. The van der Waals surface area contributed by atoms with Gasteiger partial charge < -0.3 is 4.42 Å². The summed E-state index contributed by atoms with van der Waals surface area (Å²) in [5.74, 6) is 0. The normalized spacial score (nSPS) is 12.2. The van der Waals surface area contributed by atoms with Gasteiger partial charge in [-0.15, -0.1) is 0 Å². The summed E-state index contributed by atoms with van der Waals surface area (Å²) in [6.07, 6.45) is 1.90. The first-order chi connectivity index (χ1) is 26.3. The van der Waals surface area contributed by atoms with Gasteiger partial charge in [-0.25, -0.2) is 4.98 Å². The Hall–Kier alpha value is -7.10. The molecule has 12 rings (SSSR count). The number of aromatic nitrogens is 2. The highest BCUT2D eigenvalue weighted by Crippen LogP contribution is 2.46. The lowest BCUT2D eigenvalue weighted by atomic mass is 9.90. The monoisotopic (exact) mass is 672 g/mol. The summed E-state index contributed by atoms with van der Waals surface area (Å²) >= 11 is 0. The second-order valence-corrected chi connectivity index (χ2v) is 14.0. The van der Waals surface area contributed by atoms with Crippen LogP contribution in [0.15, 0.2) is 174 Å². The van der Waals surface area contributed by atoms with Crippen LogP contribution in [0, 0.1) is 0 Å². The molecule has 0 aliphatic heterocycles. The van der Waals surface area contributed by atoms with Crippen LogP contribution >= 0.6 is 0 Å². The minimum atomic E-state index is 0.896. The van der Waals surface area contributed by atoms with Crippen LogP contribution in [0.2, 0.25) is 0 Å². The first kappa shape index (κ1) is 28.6. The van der Waals surface area contributed by atoms with E-state index < -0.39 is 0 Å². The lowest BCUT2D eigenvalue weighted by Gasteiger charge is -2.17. The van der Waals surface area contributed by atoms with Crippen molar-refractivity contribution in [2.75, 3.05) is 0 Å². The Labute approximate surface area is 303 Å². The van der Waals surface area contributed by atoms with Crippen LogP contribution in [0.1, 0.15) is 0 Å². The lowest BCUT2D eigenvalue weighted by Crippen LogP contribution is -1.94. The van der Waals surface area contributed by atoms with Crippen LogP contribution in [0.25, 0.3) is 120 Å². The van der Waals surface area contributed by atoms with Crippen molar-refractivity contribution in [2.24, 2.45) is 0 Å². The predicted molar refractivity (Wildman–Crippen MR) is 223 cm³/mol. The molecule has 0 amide bonds. The van der Waals surface area contributed by atoms with Crippen molar-refractivity contribution in [3.05, 3.63) is 170 Å². The molecule has 3 nitrogen and oxygen atoms in total. The van der Waals surface area contributed by atoms with Crippen LogP contribution < -0.4 is 0 Å². The molecule has 53 heavy (non-hydrogen) atoms. The molecule has 3 heteroatoms. The molecule has 0 aliphatic rings. The molecule has 0 aliphatic carbocycles. The average Bonchev–Trinajstić information content (AvgIpc) is 3.64. The SMILES string of the molecule is c1cc(-c2nc3c4ccccc4c4ccccc4c3c3c2ccc2cccnc23)cc(-c2cc3ccccc3c3c2oc2ccc4ccccc4c23)c1. The fourth-order valence-electron chi connectivity index (χ4n) is 8.92.